The highest BCUT2D eigenvalue weighted by Gasteiger charge is 2.33. The number of rotatable bonds is 7. The van der Waals surface area contributed by atoms with E-state index in [-0.39, 0.29) is 24.1 Å². The number of fused-ring (bicyclic) bond motifs is 1. The van der Waals surface area contributed by atoms with Crippen molar-refractivity contribution in [2.75, 3.05) is 18.5 Å². The van der Waals surface area contributed by atoms with Crippen molar-refractivity contribution in [1.29, 1.82) is 0 Å². The quantitative estimate of drug-likeness (QED) is 0.405. The molecule has 0 saturated carbocycles. The molecule has 5 heterocycles. The van der Waals surface area contributed by atoms with E-state index >= 15 is 0 Å². The maximum absolute atomic E-state index is 13.7. The van der Waals surface area contributed by atoms with Crippen LogP contribution in [0.25, 0.3) is 16.8 Å². The number of likely N-dealkylation sites (tertiary alicyclic amines) is 1. The van der Waals surface area contributed by atoms with Gasteiger partial charge in [-0.25, -0.2) is 19.3 Å². The molecule has 1 fully saturated rings. The van der Waals surface area contributed by atoms with Gasteiger partial charge >= 0.3 is 12.6 Å². The minimum Gasteiger partial charge on any atom is -0.487 e. The maximum Gasteiger partial charge on any atom is 0.407 e. The van der Waals surface area contributed by atoms with Crippen molar-refractivity contribution in [3.05, 3.63) is 48.2 Å². The summed E-state index contributed by atoms with van der Waals surface area (Å²) in [4.78, 5) is 21.0. The van der Waals surface area contributed by atoms with E-state index in [1.165, 1.54) is 11.1 Å². The van der Waals surface area contributed by atoms with Crippen molar-refractivity contribution in [2.45, 2.75) is 32.9 Å². The Morgan fingerprint density at radius 1 is 1.26 bits per heavy atom. The number of carboxylic acid groups (broad SMARTS) is 1. The van der Waals surface area contributed by atoms with Crippen LogP contribution >= 0.6 is 0 Å². The zero-order chi connectivity index (χ0) is 24.7. The van der Waals surface area contributed by atoms with Crippen molar-refractivity contribution in [2.24, 2.45) is 0 Å². The van der Waals surface area contributed by atoms with E-state index in [0.29, 0.717) is 46.2 Å². The van der Waals surface area contributed by atoms with Gasteiger partial charge in [-0.2, -0.15) is 23.7 Å². The summed E-state index contributed by atoms with van der Waals surface area (Å²) in [7, 11) is 0. The molecular weight excluding hydrogens is 462 g/mol. The summed E-state index contributed by atoms with van der Waals surface area (Å²) < 4.78 is 35.4. The Labute approximate surface area is 198 Å². The summed E-state index contributed by atoms with van der Waals surface area (Å²) in [6.45, 7) is 1.25. The Morgan fingerprint density at radius 2 is 2.09 bits per heavy atom. The molecule has 0 spiro atoms. The predicted molar refractivity (Wildman–Crippen MR) is 121 cm³/mol. The fourth-order valence-corrected chi connectivity index (χ4v) is 4.04. The average molecular weight is 484 g/mol. The van der Waals surface area contributed by atoms with Crippen LogP contribution in [0.3, 0.4) is 0 Å². The Bertz CT molecular complexity index is 1380. The number of carbonyl (C=O) groups is 1. The normalized spacial score (nSPS) is 15.5. The minimum atomic E-state index is -2.89. The summed E-state index contributed by atoms with van der Waals surface area (Å²) >= 11 is 0. The second kappa shape index (κ2) is 8.81. The number of anilines is 2. The Balaban J connectivity index is 1.43. The fraction of sp³-hybridized carbons (Fsp3) is 0.318. The summed E-state index contributed by atoms with van der Waals surface area (Å²) in [5.41, 5.74) is 2.01. The molecule has 11 nitrogen and oxygen atoms in total. The van der Waals surface area contributed by atoms with Gasteiger partial charge in [-0.1, -0.05) is 0 Å². The third kappa shape index (κ3) is 4.44. The van der Waals surface area contributed by atoms with Gasteiger partial charge in [0.2, 0.25) is 0 Å². The molecule has 5 rings (SSSR count). The first kappa shape index (κ1) is 22.5. The van der Waals surface area contributed by atoms with Crippen LogP contribution in [-0.4, -0.2) is 64.7 Å². The molecule has 4 aromatic rings. The maximum atomic E-state index is 13.7. The van der Waals surface area contributed by atoms with Gasteiger partial charge < -0.3 is 20.1 Å². The molecule has 13 heteroatoms. The number of ether oxygens (including phenoxy) is 1. The van der Waals surface area contributed by atoms with Crippen LogP contribution in [0.15, 0.2) is 36.7 Å². The van der Waals surface area contributed by atoms with E-state index in [4.69, 9.17) is 9.84 Å². The summed E-state index contributed by atoms with van der Waals surface area (Å²) in [6, 6.07) is 6.57. The number of hydrogen-bond acceptors (Lipinski definition) is 7. The molecule has 2 N–H and O–H groups in total. The lowest BCUT2D eigenvalue weighted by molar-refractivity contribution is 0.0493. The van der Waals surface area contributed by atoms with Gasteiger partial charge in [0.25, 0.3) is 0 Å². The molecule has 1 aliphatic rings. The average Bonchev–Trinajstić information content (AvgIpc) is 3.34. The van der Waals surface area contributed by atoms with Crippen LogP contribution < -0.4 is 10.1 Å². The van der Waals surface area contributed by atoms with Crippen LogP contribution in [0.1, 0.15) is 24.5 Å². The second-order valence-corrected chi connectivity index (χ2v) is 8.19. The molecule has 182 valence electrons. The van der Waals surface area contributed by atoms with Crippen molar-refractivity contribution >= 4 is 23.2 Å². The smallest absolute Gasteiger partial charge is 0.407 e. The summed E-state index contributed by atoms with van der Waals surface area (Å²) in [5, 5.41) is 20.5. The third-order valence-corrected chi connectivity index (χ3v) is 5.73. The molecule has 0 radical (unpaired) electrons. The molecule has 1 atom stereocenters. The van der Waals surface area contributed by atoms with Gasteiger partial charge in [0.15, 0.2) is 11.6 Å². The molecule has 0 aliphatic carbocycles. The molecule has 35 heavy (non-hydrogen) atoms. The number of nitrogens with one attached hydrogen (secondary N) is 1. The molecule has 1 aliphatic heterocycles. The van der Waals surface area contributed by atoms with Gasteiger partial charge in [-0.3, -0.25) is 0 Å². The number of alkyl halides is 2. The van der Waals surface area contributed by atoms with Crippen LogP contribution in [0.5, 0.6) is 5.75 Å². The molecule has 4 aromatic heterocycles. The lowest BCUT2D eigenvalue weighted by atomic mass is 10.1. The molecular formula is C22H22F2N8O3. The molecule has 1 saturated heterocycles. The predicted octanol–water partition coefficient (Wildman–Crippen LogP) is 3.87. The number of aromatic nitrogens is 6. The van der Waals surface area contributed by atoms with Crippen molar-refractivity contribution < 1.29 is 23.4 Å². The summed E-state index contributed by atoms with van der Waals surface area (Å²) in [5.74, 6) is 1.89. The molecule has 0 aromatic carbocycles. The largest absolute Gasteiger partial charge is 0.487 e. The van der Waals surface area contributed by atoms with Gasteiger partial charge in [0.1, 0.15) is 23.9 Å². The topological polar surface area (TPSA) is 123 Å². The highest BCUT2D eigenvalue weighted by molar-refractivity contribution is 5.73. The monoisotopic (exact) mass is 484 g/mol. The van der Waals surface area contributed by atoms with E-state index in [2.05, 4.69) is 25.5 Å². The van der Waals surface area contributed by atoms with Gasteiger partial charge in [-0.15, -0.1) is 0 Å². The van der Waals surface area contributed by atoms with Crippen LogP contribution in [-0.2, 0) is 0 Å². The zero-order valence-corrected chi connectivity index (χ0v) is 18.9. The summed E-state index contributed by atoms with van der Waals surface area (Å²) in [6.07, 6.45) is 2.49. The van der Waals surface area contributed by atoms with E-state index in [1.54, 1.807) is 41.9 Å². The Morgan fingerprint density at radius 3 is 2.77 bits per heavy atom. The van der Waals surface area contributed by atoms with Gasteiger partial charge in [0.05, 0.1) is 17.8 Å². The number of pyridine rings is 1. The zero-order valence-electron chi connectivity index (χ0n) is 18.9. The highest BCUT2D eigenvalue weighted by atomic mass is 19.3. The van der Waals surface area contributed by atoms with E-state index in [9.17, 15) is 13.6 Å². The van der Waals surface area contributed by atoms with Crippen molar-refractivity contribution in [1.82, 2.24) is 34.3 Å². The highest BCUT2D eigenvalue weighted by Crippen LogP contribution is 2.34. The Hall–Kier alpha value is -4.29. The first-order valence-corrected chi connectivity index (χ1v) is 10.9. The minimum absolute atomic E-state index is 0.0506. The molecule has 0 bridgehead atoms. The number of halogens is 2. The van der Waals surface area contributed by atoms with Gasteiger partial charge in [0, 0.05) is 36.1 Å². The fourth-order valence-electron chi connectivity index (χ4n) is 4.04. The molecule has 1 amide bonds. The van der Waals surface area contributed by atoms with Gasteiger partial charge in [-0.05, 0) is 32.4 Å². The van der Waals surface area contributed by atoms with Crippen molar-refractivity contribution in [3.63, 3.8) is 0 Å². The number of nitrogens with zero attached hydrogens (tertiary/aromatic N) is 7. The SMILES string of the molecule is Cc1cc(Nc2cc3cc(-c4c(OC[C@H]5CCN5C(=O)O)cnn4C(F)F)ccn3n2)nc(C)n1. The number of hydrogen-bond donors (Lipinski definition) is 2. The van der Waals surface area contributed by atoms with E-state index < -0.39 is 12.6 Å². The lowest BCUT2D eigenvalue weighted by Gasteiger charge is -2.38. The second-order valence-electron chi connectivity index (χ2n) is 8.19. The Kier molecular flexibility index (Phi) is 5.67. The first-order valence-electron chi connectivity index (χ1n) is 10.9. The first-order chi connectivity index (χ1) is 16.8. The third-order valence-electron chi connectivity index (χ3n) is 5.73. The lowest BCUT2D eigenvalue weighted by Crippen LogP contribution is -2.53. The van der Waals surface area contributed by atoms with Crippen LogP contribution in [0.4, 0.5) is 25.2 Å². The van der Waals surface area contributed by atoms with Crippen LogP contribution in [0.2, 0.25) is 0 Å². The number of amides is 1. The van der Waals surface area contributed by atoms with E-state index in [0.717, 1.165) is 5.69 Å². The number of aryl methyl sites for hydroxylation is 2. The standard InChI is InChI=1S/C22H22F2N8O3/c1-12-7-18(27-13(2)26-12)28-19-9-16-8-14(3-6-31(16)29-19)20-17(10-25-32(20)21(23)24)35-11-15-4-5-30(15)22(33)34/h3,6-10,15,21H,4-5,11H2,1-2H3,(H,33,34)(H,26,27,28,29)/t15-/m1/s1. The van der Waals surface area contributed by atoms with Crippen molar-refractivity contribution in [3.8, 4) is 17.0 Å². The molecule has 0 unspecified atom stereocenters. The van der Waals surface area contributed by atoms with Crippen LogP contribution in [0, 0.1) is 13.8 Å². The van der Waals surface area contributed by atoms with E-state index in [1.807, 2.05) is 6.92 Å².